The molecular weight excluding hydrogens is 444 g/mol. The fraction of sp³-hybridized carbons (Fsp3) is 0.273. The molecule has 0 spiro atoms. The van der Waals surface area contributed by atoms with Gasteiger partial charge in [-0.2, -0.15) is 10.1 Å². The summed E-state index contributed by atoms with van der Waals surface area (Å²) in [6.45, 7) is 6.39. The van der Waals surface area contributed by atoms with E-state index in [0.29, 0.717) is 35.5 Å². The third kappa shape index (κ3) is 5.26. The van der Waals surface area contributed by atoms with Crippen molar-refractivity contribution in [1.29, 1.82) is 0 Å². The molecule has 3 heterocycles. The van der Waals surface area contributed by atoms with E-state index in [1.165, 1.54) is 12.1 Å². The van der Waals surface area contributed by atoms with Crippen LogP contribution in [0, 0.1) is 13.8 Å². The first kappa shape index (κ1) is 22.6. The predicted molar refractivity (Wildman–Crippen MR) is 121 cm³/mol. The Balaban J connectivity index is 1.36. The molecule has 0 fully saturated rings. The summed E-state index contributed by atoms with van der Waals surface area (Å²) < 4.78 is 39.8. The summed E-state index contributed by atoms with van der Waals surface area (Å²) in [5, 5.41) is 8.39. The summed E-state index contributed by atoms with van der Waals surface area (Å²) in [6.07, 6.45) is 1.90. The minimum absolute atomic E-state index is 0.117. The number of sulfonamides is 1. The van der Waals surface area contributed by atoms with Gasteiger partial charge in [-0.15, -0.1) is 0 Å². The molecule has 4 rings (SSSR count). The molecule has 0 radical (unpaired) electrons. The lowest BCUT2D eigenvalue weighted by atomic mass is 10.2. The number of pyridine rings is 1. The third-order valence-corrected chi connectivity index (χ3v) is 6.25. The number of aryl methyl sites for hydroxylation is 2. The SMILES string of the molecule is CCOc1ccc(S(=O)(=O)NCCc2nc(-c3ccc(-n4nc(C)cc4C)nc3)no2)cc1. The van der Waals surface area contributed by atoms with Crippen molar-refractivity contribution in [3.8, 4) is 23.0 Å². The Kier molecular flexibility index (Phi) is 6.52. The van der Waals surface area contributed by atoms with Crippen LogP contribution in [0.1, 0.15) is 24.2 Å². The van der Waals surface area contributed by atoms with Crippen LogP contribution in [0.3, 0.4) is 0 Å². The van der Waals surface area contributed by atoms with Crippen molar-refractivity contribution >= 4 is 10.0 Å². The van der Waals surface area contributed by atoms with Crippen LogP contribution in [0.2, 0.25) is 0 Å². The molecule has 1 N–H and O–H groups in total. The quantitative estimate of drug-likeness (QED) is 0.398. The Bertz CT molecular complexity index is 1330. The molecule has 0 unspecified atom stereocenters. The molecule has 0 atom stereocenters. The molecule has 0 amide bonds. The van der Waals surface area contributed by atoms with E-state index < -0.39 is 10.0 Å². The Morgan fingerprint density at radius 2 is 1.91 bits per heavy atom. The lowest BCUT2D eigenvalue weighted by molar-refractivity contribution is 0.340. The molecular formula is C22H24N6O4S. The number of hydrogen-bond donors (Lipinski definition) is 1. The van der Waals surface area contributed by atoms with E-state index in [-0.39, 0.29) is 17.9 Å². The molecule has 33 heavy (non-hydrogen) atoms. The Labute approximate surface area is 191 Å². The summed E-state index contributed by atoms with van der Waals surface area (Å²) in [7, 11) is -3.65. The maximum atomic E-state index is 12.5. The highest BCUT2D eigenvalue weighted by Crippen LogP contribution is 2.18. The molecule has 4 aromatic rings. The average molecular weight is 469 g/mol. The highest BCUT2D eigenvalue weighted by molar-refractivity contribution is 7.89. The van der Waals surface area contributed by atoms with Crippen LogP contribution in [0.25, 0.3) is 17.2 Å². The number of aromatic nitrogens is 5. The van der Waals surface area contributed by atoms with E-state index in [9.17, 15) is 8.42 Å². The van der Waals surface area contributed by atoms with Gasteiger partial charge in [-0.05, 0) is 63.2 Å². The van der Waals surface area contributed by atoms with E-state index in [0.717, 1.165) is 11.4 Å². The zero-order valence-electron chi connectivity index (χ0n) is 18.5. The van der Waals surface area contributed by atoms with E-state index in [4.69, 9.17) is 9.26 Å². The van der Waals surface area contributed by atoms with Gasteiger partial charge >= 0.3 is 0 Å². The van der Waals surface area contributed by atoms with E-state index in [1.54, 1.807) is 23.0 Å². The van der Waals surface area contributed by atoms with Gasteiger partial charge in [-0.25, -0.2) is 22.8 Å². The fourth-order valence-corrected chi connectivity index (χ4v) is 4.27. The largest absolute Gasteiger partial charge is 0.494 e. The van der Waals surface area contributed by atoms with Gasteiger partial charge in [0.25, 0.3) is 0 Å². The van der Waals surface area contributed by atoms with Crippen molar-refractivity contribution in [3.05, 3.63) is 65.9 Å². The minimum atomic E-state index is -3.65. The van der Waals surface area contributed by atoms with E-state index in [2.05, 4.69) is 24.9 Å². The Hall–Kier alpha value is -3.57. The Morgan fingerprint density at radius 1 is 1.12 bits per heavy atom. The minimum Gasteiger partial charge on any atom is -0.494 e. The van der Waals surface area contributed by atoms with Crippen LogP contribution in [-0.2, 0) is 16.4 Å². The summed E-state index contributed by atoms with van der Waals surface area (Å²) in [6, 6.07) is 11.9. The summed E-state index contributed by atoms with van der Waals surface area (Å²) in [5.74, 6) is 2.01. The lowest BCUT2D eigenvalue weighted by Crippen LogP contribution is -2.26. The van der Waals surface area contributed by atoms with Crippen LogP contribution < -0.4 is 9.46 Å². The molecule has 0 bridgehead atoms. The number of nitrogens with zero attached hydrogens (tertiary/aromatic N) is 5. The standard InChI is InChI=1S/C22H24N6O4S/c1-4-31-18-6-8-19(9-7-18)33(29,30)24-12-11-21-25-22(27-32-21)17-5-10-20(23-14-17)28-16(3)13-15(2)26-28/h5-10,13-14,24H,4,11-12H2,1-3H3. The number of hydrogen-bond acceptors (Lipinski definition) is 8. The van der Waals surface area contributed by atoms with Gasteiger partial charge in [0.15, 0.2) is 5.82 Å². The molecule has 0 saturated heterocycles. The summed E-state index contributed by atoms with van der Waals surface area (Å²) in [4.78, 5) is 8.93. The van der Waals surface area contributed by atoms with Gasteiger partial charge in [0.05, 0.1) is 17.2 Å². The zero-order chi connectivity index (χ0) is 23.4. The van der Waals surface area contributed by atoms with Crippen LogP contribution in [0.5, 0.6) is 5.75 Å². The fourth-order valence-electron chi connectivity index (χ4n) is 3.24. The maximum absolute atomic E-state index is 12.5. The zero-order valence-corrected chi connectivity index (χ0v) is 19.3. The second-order valence-electron chi connectivity index (χ2n) is 7.31. The maximum Gasteiger partial charge on any atom is 0.240 e. The van der Waals surface area contributed by atoms with Gasteiger partial charge in [0.2, 0.25) is 21.7 Å². The van der Waals surface area contributed by atoms with Gasteiger partial charge in [-0.3, -0.25) is 0 Å². The van der Waals surface area contributed by atoms with Crippen LogP contribution in [0.15, 0.2) is 58.1 Å². The molecule has 10 nitrogen and oxygen atoms in total. The first-order valence-electron chi connectivity index (χ1n) is 10.4. The molecule has 0 aliphatic heterocycles. The normalized spacial score (nSPS) is 11.6. The lowest BCUT2D eigenvalue weighted by Gasteiger charge is -2.07. The first-order valence-corrected chi connectivity index (χ1v) is 11.9. The number of rotatable bonds is 9. The molecule has 11 heteroatoms. The molecule has 0 aliphatic carbocycles. The monoisotopic (exact) mass is 468 g/mol. The molecule has 172 valence electrons. The summed E-state index contributed by atoms with van der Waals surface area (Å²) >= 11 is 0. The van der Waals surface area contributed by atoms with Crippen molar-refractivity contribution < 1.29 is 17.7 Å². The number of nitrogens with one attached hydrogen (secondary N) is 1. The van der Waals surface area contributed by atoms with Crippen LogP contribution in [0.4, 0.5) is 0 Å². The van der Waals surface area contributed by atoms with Crippen molar-refractivity contribution in [2.75, 3.05) is 13.2 Å². The van der Waals surface area contributed by atoms with Crippen molar-refractivity contribution in [3.63, 3.8) is 0 Å². The van der Waals surface area contributed by atoms with Gasteiger partial charge in [-0.1, -0.05) is 5.16 Å². The predicted octanol–water partition coefficient (Wildman–Crippen LogP) is 2.85. The van der Waals surface area contributed by atoms with Crippen LogP contribution in [-0.4, -0.2) is 46.5 Å². The van der Waals surface area contributed by atoms with Crippen molar-refractivity contribution in [2.45, 2.75) is 32.1 Å². The highest BCUT2D eigenvalue weighted by atomic mass is 32.2. The van der Waals surface area contributed by atoms with E-state index >= 15 is 0 Å². The molecule has 1 aromatic carbocycles. The number of ether oxygens (including phenoxy) is 1. The highest BCUT2D eigenvalue weighted by Gasteiger charge is 2.15. The average Bonchev–Trinajstić information content (AvgIpc) is 3.40. The molecule has 3 aromatic heterocycles. The second kappa shape index (κ2) is 9.51. The van der Waals surface area contributed by atoms with Gasteiger partial charge in [0.1, 0.15) is 5.75 Å². The van der Waals surface area contributed by atoms with Gasteiger partial charge < -0.3 is 9.26 Å². The van der Waals surface area contributed by atoms with Crippen LogP contribution >= 0.6 is 0 Å². The third-order valence-electron chi connectivity index (χ3n) is 4.78. The Morgan fingerprint density at radius 3 is 2.55 bits per heavy atom. The number of benzene rings is 1. The van der Waals surface area contributed by atoms with Gasteiger partial charge in [0, 0.05) is 30.4 Å². The molecule has 0 aliphatic rings. The topological polar surface area (TPSA) is 125 Å². The summed E-state index contributed by atoms with van der Waals surface area (Å²) in [5.41, 5.74) is 2.59. The molecule has 0 saturated carbocycles. The first-order chi connectivity index (χ1) is 15.9. The smallest absolute Gasteiger partial charge is 0.240 e. The van der Waals surface area contributed by atoms with E-state index in [1.807, 2.05) is 39.0 Å². The second-order valence-corrected chi connectivity index (χ2v) is 9.07. The van der Waals surface area contributed by atoms with Crippen molar-refractivity contribution in [2.24, 2.45) is 0 Å². The van der Waals surface area contributed by atoms with Crippen molar-refractivity contribution in [1.82, 2.24) is 29.6 Å².